The highest BCUT2D eigenvalue weighted by molar-refractivity contribution is 7.89. The van der Waals surface area contributed by atoms with Crippen molar-refractivity contribution in [3.05, 3.63) is 18.2 Å². The maximum atomic E-state index is 11.2. The summed E-state index contributed by atoms with van der Waals surface area (Å²) in [4.78, 5) is -0.137. The third-order valence-electron chi connectivity index (χ3n) is 1.88. The highest BCUT2D eigenvalue weighted by Gasteiger charge is 2.15. The Labute approximate surface area is 94.2 Å². The largest absolute Gasteiger partial charge is 0.489 e. The monoisotopic (exact) mass is 246 g/mol. The van der Waals surface area contributed by atoms with Crippen molar-refractivity contribution in [1.29, 1.82) is 0 Å². The van der Waals surface area contributed by atoms with Crippen molar-refractivity contribution in [1.82, 2.24) is 0 Å². The van der Waals surface area contributed by atoms with E-state index >= 15 is 0 Å². The molecule has 0 aliphatic carbocycles. The maximum Gasteiger partial charge on any atom is 0.240 e. The third-order valence-corrected chi connectivity index (χ3v) is 2.85. The molecule has 0 spiro atoms. The van der Waals surface area contributed by atoms with E-state index < -0.39 is 10.0 Å². The summed E-state index contributed by atoms with van der Waals surface area (Å²) in [7, 11) is -2.29. The minimum absolute atomic E-state index is 0.0149. The fourth-order valence-corrected chi connectivity index (χ4v) is 1.81. The number of nitrogens with two attached hydrogens (primary N) is 2. The molecule has 0 amide bonds. The molecule has 6 nitrogen and oxygen atoms in total. The molecule has 0 aliphatic rings. The van der Waals surface area contributed by atoms with Crippen LogP contribution in [0.1, 0.15) is 0 Å². The van der Waals surface area contributed by atoms with Gasteiger partial charge in [-0.25, -0.2) is 13.6 Å². The number of nitrogen functional groups attached to an aromatic ring is 1. The summed E-state index contributed by atoms with van der Waals surface area (Å²) in [6.45, 7) is 0.674. The van der Waals surface area contributed by atoms with E-state index in [9.17, 15) is 8.42 Å². The van der Waals surface area contributed by atoms with Crippen LogP contribution in [0.4, 0.5) is 5.69 Å². The van der Waals surface area contributed by atoms with E-state index in [1.807, 2.05) is 0 Å². The molecule has 16 heavy (non-hydrogen) atoms. The van der Waals surface area contributed by atoms with Crippen molar-refractivity contribution in [3.63, 3.8) is 0 Å². The molecule has 0 atom stereocenters. The van der Waals surface area contributed by atoms with Crippen molar-refractivity contribution in [3.8, 4) is 5.75 Å². The fraction of sp³-hybridized carbons (Fsp3) is 0.333. The first-order valence-electron chi connectivity index (χ1n) is 4.50. The van der Waals surface area contributed by atoms with Crippen LogP contribution in [0.2, 0.25) is 0 Å². The molecule has 0 heterocycles. The van der Waals surface area contributed by atoms with Crippen LogP contribution in [0.5, 0.6) is 5.75 Å². The number of ether oxygens (including phenoxy) is 2. The molecule has 0 saturated heterocycles. The highest BCUT2D eigenvalue weighted by atomic mass is 32.2. The van der Waals surface area contributed by atoms with E-state index in [0.717, 1.165) is 0 Å². The SMILES string of the molecule is COCCOc1cccc(S(N)(=O)=O)c1N. The van der Waals surface area contributed by atoms with Crippen molar-refractivity contribution < 1.29 is 17.9 Å². The van der Waals surface area contributed by atoms with Gasteiger partial charge in [0.25, 0.3) is 0 Å². The van der Waals surface area contributed by atoms with Crippen molar-refractivity contribution in [2.45, 2.75) is 4.90 Å². The summed E-state index contributed by atoms with van der Waals surface area (Å²) < 4.78 is 32.3. The first kappa shape index (κ1) is 12.8. The minimum atomic E-state index is -3.82. The van der Waals surface area contributed by atoms with Crippen LogP contribution < -0.4 is 15.6 Å². The first-order valence-corrected chi connectivity index (χ1v) is 6.04. The predicted octanol–water partition coefficient (Wildman–Crippen LogP) is -0.0586. The summed E-state index contributed by atoms with van der Waals surface area (Å²) >= 11 is 0. The van der Waals surface area contributed by atoms with Crippen LogP contribution >= 0.6 is 0 Å². The standard InChI is InChI=1S/C9H14N2O4S/c1-14-5-6-15-7-3-2-4-8(9(7)10)16(11,12)13/h2-4H,5-6,10H2,1H3,(H2,11,12,13). The normalized spacial score (nSPS) is 11.4. The Bertz CT molecular complexity index is 459. The van der Waals surface area contributed by atoms with Gasteiger partial charge in [0.1, 0.15) is 17.3 Å². The molecule has 0 aromatic heterocycles. The molecule has 0 radical (unpaired) electrons. The number of anilines is 1. The zero-order valence-electron chi connectivity index (χ0n) is 8.84. The van der Waals surface area contributed by atoms with Gasteiger partial charge < -0.3 is 15.2 Å². The molecule has 7 heteroatoms. The molecule has 1 aromatic carbocycles. The summed E-state index contributed by atoms with van der Waals surface area (Å²) in [6.07, 6.45) is 0. The highest BCUT2D eigenvalue weighted by Crippen LogP contribution is 2.27. The third kappa shape index (κ3) is 3.09. The van der Waals surface area contributed by atoms with Gasteiger partial charge in [-0.15, -0.1) is 0 Å². The molecule has 0 saturated carbocycles. The van der Waals surface area contributed by atoms with E-state index in [1.54, 1.807) is 6.07 Å². The quantitative estimate of drug-likeness (QED) is 0.559. The second-order valence-electron chi connectivity index (χ2n) is 3.05. The number of hydrogen-bond acceptors (Lipinski definition) is 5. The zero-order valence-corrected chi connectivity index (χ0v) is 9.66. The van der Waals surface area contributed by atoms with Crippen molar-refractivity contribution in [2.75, 3.05) is 26.1 Å². The number of para-hydroxylation sites is 1. The van der Waals surface area contributed by atoms with Crippen LogP contribution in [-0.2, 0) is 14.8 Å². The molecular weight excluding hydrogens is 232 g/mol. The molecule has 90 valence electrons. The van der Waals surface area contributed by atoms with E-state index in [2.05, 4.69) is 0 Å². The van der Waals surface area contributed by atoms with Gasteiger partial charge in [0, 0.05) is 7.11 Å². The number of benzene rings is 1. The summed E-state index contributed by atoms with van der Waals surface area (Å²) in [5, 5.41) is 4.99. The Kier molecular flexibility index (Phi) is 4.11. The lowest BCUT2D eigenvalue weighted by Gasteiger charge is -2.10. The van der Waals surface area contributed by atoms with Crippen molar-refractivity contribution in [2.24, 2.45) is 5.14 Å². The number of primary sulfonamides is 1. The molecule has 0 bridgehead atoms. The first-order chi connectivity index (χ1) is 7.46. The second kappa shape index (κ2) is 5.15. The van der Waals surface area contributed by atoms with Gasteiger partial charge in [0.15, 0.2) is 0 Å². The number of hydrogen-bond donors (Lipinski definition) is 2. The minimum Gasteiger partial charge on any atom is -0.489 e. The topological polar surface area (TPSA) is 105 Å². The average molecular weight is 246 g/mol. The van der Waals surface area contributed by atoms with Gasteiger partial charge in [-0.2, -0.15) is 0 Å². The van der Waals surface area contributed by atoms with Crippen molar-refractivity contribution >= 4 is 15.7 Å². The van der Waals surface area contributed by atoms with Gasteiger partial charge in [0.2, 0.25) is 10.0 Å². The van der Waals surface area contributed by atoms with E-state index in [4.69, 9.17) is 20.3 Å². The number of sulfonamides is 1. The van der Waals surface area contributed by atoms with Gasteiger partial charge >= 0.3 is 0 Å². The predicted molar refractivity (Wildman–Crippen MR) is 59.6 cm³/mol. The summed E-state index contributed by atoms with van der Waals surface area (Å²) in [5.41, 5.74) is 5.64. The Hall–Kier alpha value is -1.31. The molecule has 1 aromatic rings. The van der Waals surface area contributed by atoms with Crippen LogP contribution in [0.25, 0.3) is 0 Å². The summed E-state index contributed by atoms with van der Waals surface area (Å²) in [6, 6.07) is 4.41. The van der Waals surface area contributed by atoms with E-state index in [1.165, 1.54) is 19.2 Å². The van der Waals surface area contributed by atoms with Gasteiger partial charge in [0.05, 0.1) is 12.3 Å². The Morgan fingerprint density at radius 2 is 2.00 bits per heavy atom. The smallest absolute Gasteiger partial charge is 0.240 e. The fourth-order valence-electron chi connectivity index (χ4n) is 1.13. The lowest BCUT2D eigenvalue weighted by Crippen LogP contribution is -2.15. The number of methoxy groups -OCH3 is 1. The van der Waals surface area contributed by atoms with Crippen LogP contribution in [0, 0.1) is 0 Å². The van der Waals surface area contributed by atoms with Gasteiger partial charge in [-0.1, -0.05) is 6.07 Å². The zero-order chi connectivity index (χ0) is 12.2. The molecular formula is C9H14N2O4S. The summed E-state index contributed by atoms with van der Waals surface area (Å²) in [5.74, 6) is 0.281. The molecule has 4 N–H and O–H groups in total. The lowest BCUT2D eigenvalue weighted by molar-refractivity contribution is 0.146. The van der Waals surface area contributed by atoms with E-state index in [0.29, 0.717) is 6.61 Å². The van der Waals surface area contributed by atoms with Crippen LogP contribution in [-0.4, -0.2) is 28.7 Å². The molecule has 0 fully saturated rings. The molecule has 0 unspecified atom stereocenters. The average Bonchev–Trinajstić information content (AvgIpc) is 2.19. The number of rotatable bonds is 5. The second-order valence-corrected chi connectivity index (χ2v) is 4.58. The van der Waals surface area contributed by atoms with Gasteiger partial charge in [-0.3, -0.25) is 0 Å². The van der Waals surface area contributed by atoms with Crippen LogP contribution in [0.15, 0.2) is 23.1 Å². The van der Waals surface area contributed by atoms with E-state index in [-0.39, 0.29) is 22.9 Å². The molecule has 1 rings (SSSR count). The Morgan fingerprint density at radius 1 is 1.31 bits per heavy atom. The Morgan fingerprint density at radius 3 is 2.56 bits per heavy atom. The van der Waals surface area contributed by atoms with Crippen LogP contribution in [0.3, 0.4) is 0 Å². The van der Waals surface area contributed by atoms with Gasteiger partial charge in [-0.05, 0) is 12.1 Å². The lowest BCUT2D eigenvalue weighted by atomic mass is 10.3. The Balaban J connectivity index is 2.96. The maximum absolute atomic E-state index is 11.2. The molecule has 0 aliphatic heterocycles.